The van der Waals surface area contributed by atoms with Crippen molar-refractivity contribution in [2.75, 3.05) is 26.8 Å². The first-order valence-corrected chi connectivity index (χ1v) is 8.40. The molecule has 1 aliphatic rings. The summed E-state index contributed by atoms with van der Waals surface area (Å²) in [6.07, 6.45) is 3.95. The van der Waals surface area contributed by atoms with Crippen molar-refractivity contribution in [3.63, 3.8) is 0 Å². The molecule has 0 spiro atoms. The molecule has 0 aromatic heterocycles. The van der Waals surface area contributed by atoms with E-state index in [1.165, 1.54) is 43.5 Å². The zero-order valence-corrected chi connectivity index (χ0v) is 14.1. The van der Waals surface area contributed by atoms with E-state index in [0.717, 1.165) is 12.3 Å². The Morgan fingerprint density at radius 3 is 2.59 bits per heavy atom. The second-order valence-corrected chi connectivity index (χ2v) is 6.38. The van der Waals surface area contributed by atoms with E-state index in [9.17, 15) is 5.11 Å². The molecule has 1 unspecified atom stereocenters. The number of likely N-dealkylation sites (tertiary alicyclic amines) is 1. The second-order valence-electron chi connectivity index (χ2n) is 6.38. The van der Waals surface area contributed by atoms with Gasteiger partial charge in [0.2, 0.25) is 0 Å². The molecule has 1 aromatic rings. The lowest BCUT2D eigenvalue weighted by Crippen LogP contribution is -2.32. The predicted molar refractivity (Wildman–Crippen MR) is 90.2 cm³/mol. The summed E-state index contributed by atoms with van der Waals surface area (Å²) in [5, 5.41) is 12.6. The highest BCUT2D eigenvalue weighted by Crippen LogP contribution is 2.26. The van der Waals surface area contributed by atoms with Gasteiger partial charge in [-0.3, -0.25) is 4.90 Å². The Balaban J connectivity index is 2.10. The van der Waals surface area contributed by atoms with Crippen molar-refractivity contribution >= 4 is 0 Å². The molecule has 1 aliphatic heterocycles. The molecule has 0 radical (unpaired) electrons. The van der Waals surface area contributed by atoms with Crippen molar-refractivity contribution in [3.05, 3.63) is 29.3 Å². The average Bonchev–Trinajstić information content (AvgIpc) is 2.55. The maximum atomic E-state index is 9.19. The minimum Gasteiger partial charge on any atom is -0.496 e. The molecule has 2 N–H and O–H groups in total. The van der Waals surface area contributed by atoms with E-state index in [1.807, 2.05) is 6.92 Å². The van der Waals surface area contributed by atoms with Crippen LogP contribution in [-0.2, 0) is 6.54 Å². The van der Waals surface area contributed by atoms with Crippen molar-refractivity contribution in [1.29, 1.82) is 0 Å². The van der Waals surface area contributed by atoms with E-state index < -0.39 is 0 Å². The van der Waals surface area contributed by atoms with E-state index in [-0.39, 0.29) is 18.7 Å². The van der Waals surface area contributed by atoms with Crippen LogP contribution in [0, 0.1) is 0 Å². The fraction of sp³-hybridized carbons (Fsp3) is 0.667. The number of piperidine rings is 1. The fourth-order valence-electron chi connectivity index (χ4n) is 3.13. The van der Waals surface area contributed by atoms with E-state index >= 15 is 0 Å². The van der Waals surface area contributed by atoms with Gasteiger partial charge in [0.15, 0.2) is 0 Å². The molecule has 1 heterocycles. The van der Waals surface area contributed by atoms with E-state index in [1.54, 1.807) is 7.11 Å². The Kier molecular flexibility index (Phi) is 6.68. The van der Waals surface area contributed by atoms with Crippen LogP contribution in [0.5, 0.6) is 5.75 Å². The van der Waals surface area contributed by atoms with Gasteiger partial charge in [0.05, 0.1) is 13.7 Å². The number of aliphatic hydroxyl groups is 1. The fourth-order valence-corrected chi connectivity index (χ4v) is 3.13. The van der Waals surface area contributed by atoms with Gasteiger partial charge in [-0.05, 0) is 57.5 Å². The molecule has 0 aliphatic carbocycles. The topological polar surface area (TPSA) is 44.7 Å². The van der Waals surface area contributed by atoms with Crippen LogP contribution in [-0.4, -0.2) is 42.9 Å². The highest BCUT2D eigenvalue weighted by atomic mass is 16.5. The summed E-state index contributed by atoms with van der Waals surface area (Å²) in [4.78, 5) is 2.51. The van der Waals surface area contributed by atoms with Gasteiger partial charge >= 0.3 is 0 Å². The van der Waals surface area contributed by atoms with Crippen molar-refractivity contribution in [2.24, 2.45) is 0 Å². The van der Waals surface area contributed by atoms with E-state index in [4.69, 9.17) is 4.74 Å². The highest BCUT2D eigenvalue weighted by molar-refractivity contribution is 5.38. The first kappa shape index (κ1) is 17.3. The Hall–Kier alpha value is -1.10. The van der Waals surface area contributed by atoms with Crippen LogP contribution in [0.4, 0.5) is 0 Å². The third-order valence-corrected chi connectivity index (χ3v) is 4.46. The van der Waals surface area contributed by atoms with Gasteiger partial charge in [0.1, 0.15) is 5.75 Å². The number of methoxy groups -OCH3 is 1. The zero-order valence-electron chi connectivity index (χ0n) is 14.1. The van der Waals surface area contributed by atoms with Gasteiger partial charge < -0.3 is 15.2 Å². The van der Waals surface area contributed by atoms with Crippen LogP contribution in [0.1, 0.15) is 50.3 Å². The van der Waals surface area contributed by atoms with Gasteiger partial charge in [0, 0.05) is 24.2 Å². The molecule has 4 nitrogen and oxygen atoms in total. The van der Waals surface area contributed by atoms with Gasteiger partial charge in [-0.25, -0.2) is 0 Å². The van der Waals surface area contributed by atoms with E-state index in [0.29, 0.717) is 0 Å². The minimum atomic E-state index is 0.0997. The second kappa shape index (κ2) is 8.51. The lowest BCUT2D eigenvalue weighted by atomic mass is 10.0. The van der Waals surface area contributed by atoms with Crippen molar-refractivity contribution in [2.45, 2.75) is 51.7 Å². The molecule has 0 amide bonds. The molecule has 1 saturated heterocycles. The summed E-state index contributed by atoms with van der Waals surface area (Å²) in [6, 6.07) is 6.74. The molecule has 0 saturated carbocycles. The largest absolute Gasteiger partial charge is 0.496 e. The number of hydrogen-bond acceptors (Lipinski definition) is 4. The Labute approximate surface area is 134 Å². The molecule has 22 heavy (non-hydrogen) atoms. The molecule has 1 aromatic carbocycles. The third-order valence-electron chi connectivity index (χ3n) is 4.46. The number of hydrogen-bond donors (Lipinski definition) is 2. The molecule has 1 fully saturated rings. The third kappa shape index (κ3) is 4.70. The summed E-state index contributed by atoms with van der Waals surface area (Å²) in [5.41, 5.74) is 2.50. The van der Waals surface area contributed by atoms with Gasteiger partial charge in [-0.2, -0.15) is 0 Å². The van der Waals surface area contributed by atoms with Crippen LogP contribution in [0.2, 0.25) is 0 Å². The Morgan fingerprint density at radius 2 is 1.95 bits per heavy atom. The van der Waals surface area contributed by atoms with Crippen molar-refractivity contribution in [1.82, 2.24) is 10.2 Å². The molecular formula is C18H30N2O2. The standard InChI is InChI=1S/C18H30N2O2/c1-14(13-21)19-15(2)16-7-8-18(22-3)17(11-16)12-20-9-5-4-6-10-20/h7-8,11,14-15,19,21H,4-6,9-10,12-13H2,1-3H3/t14-,15?/m1/s1. The summed E-state index contributed by atoms with van der Waals surface area (Å²) in [6.45, 7) is 7.61. The Morgan fingerprint density at radius 1 is 1.23 bits per heavy atom. The van der Waals surface area contributed by atoms with Crippen molar-refractivity contribution < 1.29 is 9.84 Å². The quantitative estimate of drug-likeness (QED) is 0.813. The number of benzene rings is 1. The van der Waals surface area contributed by atoms with Gasteiger partial charge in [0.25, 0.3) is 0 Å². The number of nitrogens with zero attached hydrogens (tertiary/aromatic N) is 1. The zero-order chi connectivity index (χ0) is 15.9. The van der Waals surface area contributed by atoms with Crippen molar-refractivity contribution in [3.8, 4) is 5.75 Å². The first-order chi connectivity index (χ1) is 10.6. The normalized spacial score (nSPS) is 18.9. The van der Waals surface area contributed by atoms with Crippen LogP contribution < -0.4 is 10.1 Å². The monoisotopic (exact) mass is 306 g/mol. The van der Waals surface area contributed by atoms with Crippen LogP contribution in [0.25, 0.3) is 0 Å². The average molecular weight is 306 g/mol. The van der Waals surface area contributed by atoms with Crippen LogP contribution >= 0.6 is 0 Å². The minimum absolute atomic E-state index is 0.0997. The maximum absolute atomic E-state index is 9.19. The predicted octanol–water partition coefficient (Wildman–Crippen LogP) is 2.71. The highest BCUT2D eigenvalue weighted by Gasteiger charge is 2.15. The summed E-state index contributed by atoms with van der Waals surface area (Å²) >= 11 is 0. The summed E-state index contributed by atoms with van der Waals surface area (Å²) in [5.74, 6) is 0.969. The number of ether oxygens (including phenoxy) is 1. The Bertz CT molecular complexity index is 458. The molecule has 0 bridgehead atoms. The maximum Gasteiger partial charge on any atom is 0.123 e. The molecule has 124 valence electrons. The molecule has 2 rings (SSSR count). The lowest BCUT2D eigenvalue weighted by Gasteiger charge is -2.27. The SMILES string of the molecule is COc1ccc(C(C)N[C@H](C)CO)cc1CN1CCCCC1. The van der Waals surface area contributed by atoms with Crippen LogP contribution in [0.15, 0.2) is 18.2 Å². The first-order valence-electron chi connectivity index (χ1n) is 8.40. The van der Waals surface area contributed by atoms with Crippen LogP contribution in [0.3, 0.4) is 0 Å². The molecule has 4 heteroatoms. The molecular weight excluding hydrogens is 276 g/mol. The summed E-state index contributed by atoms with van der Waals surface area (Å²) < 4.78 is 5.54. The van der Waals surface area contributed by atoms with E-state index in [2.05, 4.69) is 35.3 Å². The number of nitrogens with one attached hydrogen (secondary N) is 1. The number of aliphatic hydroxyl groups excluding tert-OH is 1. The van der Waals surface area contributed by atoms with Gasteiger partial charge in [-0.1, -0.05) is 12.5 Å². The molecule has 2 atom stereocenters. The smallest absolute Gasteiger partial charge is 0.123 e. The number of rotatable bonds is 7. The lowest BCUT2D eigenvalue weighted by molar-refractivity contribution is 0.218. The summed E-state index contributed by atoms with van der Waals surface area (Å²) in [7, 11) is 1.74. The van der Waals surface area contributed by atoms with Gasteiger partial charge in [-0.15, -0.1) is 0 Å².